The Morgan fingerprint density at radius 2 is 1.83 bits per heavy atom. The van der Waals surface area contributed by atoms with Crippen LogP contribution in [0.3, 0.4) is 0 Å². The Morgan fingerprint density at radius 1 is 1.07 bits per heavy atom. The molecular weight excluding hydrogens is 413 g/mol. The van der Waals surface area contributed by atoms with E-state index in [1.165, 1.54) is 29.6 Å². The lowest BCUT2D eigenvalue weighted by Crippen LogP contribution is -2.25. The zero-order valence-electron chi connectivity index (χ0n) is 15.5. The van der Waals surface area contributed by atoms with Gasteiger partial charge in [0.1, 0.15) is 10.0 Å². The van der Waals surface area contributed by atoms with E-state index in [1.54, 1.807) is 29.6 Å². The SMILES string of the molecule is Cc1ccc(N(C)S(=O)(=O)c2cc(-c3nc(-c4cccc(F)c4)no3)cs2)cc1. The first kappa shape index (κ1) is 19.3. The first-order valence-electron chi connectivity index (χ1n) is 8.59. The highest BCUT2D eigenvalue weighted by Crippen LogP contribution is 2.32. The molecule has 0 atom stereocenters. The van der Waals surface area contributed by atoms with E-state index in [0.717, 1.165) is 16.9 Å². The highest BCUT2D eigenvalue weighted by molar-refractivity contribution is 7.94. The number of benzene rings is 2. The Morgan fingerprint density at radius 3 is 2.55 bits per heavy atom. The Bertz CT molecular complexity index is 1260. The highest BCUT2D eigenvalue weighted by atomic mass is 32.2. The van der Waals surface area contributed by atoms with Gasteiger partial charge in [0.2, 0.25) is 5.82 Å². The number of anilines is 1. The minimum absolute atomic E-state index is 0.154. The zero-order valence-corrected chi connectivity index (χ0v) is 17.2. The Hall–Kier alpha value is -3.04. The third-order valence-corrected chi connectivity index (χ3v) is 7.54. The summed E-state index contributed by atoms with van der Waals surface area (Å²) in [6.45, 7) is 1.94. The van der Waals surface area contributed by atoms with E-state index in [-0.39, 0.29) is 15.9 Å². The molecule has 0 N–H and O–H groups in total. The summed E-state index contributed by atoms with van der Waals surface area (Å²) in [5.74, 6) is -0.0104. The standard InChI is InChI=1S/C20H16FN3O3S2/c1-13-6-8-17(9-7-13)24(2)29(25,26)18-11-15(12-28-18)20-22-19(23-27-20)14-4-3-5-16(21)10-14/h3-12H,1-2H3. The predicted molar refractivity (Wildman–Crippen MR) is 110 cm³/mol. The van der Waals surface area contributed by atoms with Crippen molar-refractivity contribution < 1.29 is 17.3 Å². The van der Waals surface area contributed by atoms with E-state index in [0.29, 0.717) is 16.8 Å². The first-order chi connectivity index (χ1) is 13.8. The molecule has 4 aromatic rings. The van der Waals surface area contributed by atoms with Crippen LogP contribution in [0, 0.1) is 12.7 Å². The second kappa shape index (κ2) is 7.41. The van der Waals surface area contributed by atoms with Gasteiger partial charge in [-0.25, -0.2) is 12.8 Å². The molecule has 0 unspecified atom stereocenters. The summed E-state index contributed by atoms with van der Waals surface area (Å²) in [5.41, 5.74) is 2.57. The van der Waals surface area contributed by atoms with Crippen molar-refractivity contribution in [3.63, 3.8) is 0 Å². The fraction of sp³-hybridized carbons (Fsp3) is 0.100. The normalized spacial score (nSPS) is 11.6. The lowest BCUT2D eigenvalue weighted by Gasteiger charge is -2.18. The molecule has 2 aromatic heterocycles. The van der Waals surface area contributed by atoms with Gasteiger partial charge in [-0.2, -0.15) is 4.98 Å². The summed E-state index contributed by atoms with van der Waals surface area (Å²) < 4.78 is 45.9. The summed E-state index contributed by atoms with van der Waals surface area (Å²) >= 11 is 1.07. The molecule has 0 fully saturated rings. The predicted octanol–water partition coefficient (Wildman–Crippen LogP) is 4.74. The molecule has 0 spiro atoms. The molecule has 2 aromatic carbocycles. The van der Waals surface area contributed by atoms with Gasteiger partial charge in [-0.3, -0.25) is 4.31 Å². The average Bonchev–Trinajstić information content (AvgIpc) is 3.38. The van der Waals surface area contributed by atoms with Crippen LogP contribution in [0.15, 0.2) is 68.7 Å². The molecule has 0 aliphatic heterocycles. The van der Waals surface area contributed by atoms with Gasteiger partial charge in [0.25, 0.3) is 15.9 Å². The highest BCUT2D eigenvalue weighted by Gasteiger charge is 2.25. The van der Waals surface area contributed by atoms with Gasteiger partial charge >= 0.3 is 0 Å². The second-order valence-corrected chi connectivity index (χ2v) is 9.50. The van der Waals surface area contributed by atoms with Gasteiger partial charge in [-0.05, 0) is 37.3 Å². The third-order valence-electron chi connectivity index (χ3n) is 4.34. The summed E-state index contributed by atoms with van der Waals surface area (Å²) in [5, 5.41) is 5.50. The number of aromatic nitrogens is 2. The van der Waals surface area contributed by atoms with Crippen LogP contribution in [0.4, 0.5) is 10.1 Å². The molecule has 2 heterocycles. The van der Waals surface area contributed by atoms with Crippen molar-refractivity contribution in [2.45, 2.75) is 11.1 Å². The minimum Gasteiger partial charge on any atom is -0.334 e. The van der Waals surface area contributed by atoms with Crippen LogP contribution in [0.2, 0.25) is 0 Å². The third kappa shape index (κ3) is 3.79. The van der Waals surface area contributed by atoms with Crippen molar-refractivity contribution >= 4 is 27.0 Å². The van der Waals surface area contributed by atoms with Crippen LogP contribution < -0.4 is 4.31 Å². The number of hydrogen-bond acceptors (Lipinski definition) is 6. The topological polar surface area (TPSA) is 76.3 Å². The Kier molecular flexibility index (Phi) is 4.93. The maximum absolute atomic E-state index is 13.4. The van der Waals surface area contributed by atoms with Gasteiger partial charge in [-0.1, -0.05) is 35.0 Å². The van der Waals surface area contributed by atoms with Crippen molar-refractivity contribution in [2.24, 2.45) is 0 Å². The van der Waals surface area contributed by atoms with Crippen molar-refractivity contribution in [1.82, 2.24) is 10.1 Å². The Labute approximate surface area is 171 Å². The molecular formula is C20H16FN3O3S2. The maximum atomic E-state index is 13.4. The van der Waals surface area contributed by atoms with Crippen LogP contribution in [0.1, 0.15) is 5.56 Å². The van der Waals surface area contributed by atoms with E-state index in [9.17, 15) is 12.8 Å². The fourth-order valence-electron chi connectivity index (χ4n) is 2.68. The second-order valence-electron chi connectivity index (χ2n) is 6.40. The Balaban J connectivity index is 1.62. The summed E-state index contributed by atoms with van der Waals surface area (Å²) in [7, 11) is -2.22. The molecule has 0 aliphatic rings. The summed E-state index contributed by atoms with van der Waals surface area (Å²) in [6, 6.07) is 14.6. The van der Waals surface area contributed by atoms with Crippen LogP contribution in [-0.2, 0) is 10.0 Å². The average molecular weight is 429 g/mol. The van der Waals surface area contributed by atoms with Gasteiger partial charge in [0.05, 0.1) is 11.3 Å². The van der Waals surface area contributed by atoms with E-state index in [4.69, 9.17) is 4.52 Å². The van der Waals surface area contributed by atoms with Gasteiger partial charge in [0, 0.05) is 18.0 Å². The molecule has 9 heteroatoms. The number of aryl methyl sites for hydroxylation is 1. The van der Waals surface area contributed by atoms with E-state index in [1.807, 2.05) is 19.1 Å². The zero-order chi connectivity index (χ0) is 20.6. The van der Waals surface area contributed by atoms with Crippen molar-refractivity contribution in [3.8, 4) is 22.8 Å². The first-order valence-corrected chi connectivity index (χ1v) is 10.9. The van der Waals surface area contributed by atoms with Crippen molar-refractivity contribution in [3.05, 3.63) is 71.4 Å². The molecule has 0 saturated heterocycles. The molecule has 0 bridgehead atoms. The van der Waals surface area contributed by atoms with Crippen molar-refractivity contribution in [1.29, 1.82) is 0 Å². The van der Waals surface area contributed by atoms with E-state index in [2.05, 4.69) is 10.1 Å². The fourth-order valence-corrected chi connectivity index (χ4v) is 5.20. The minimum atomic E-state index is -3.73. The van der Waals surface area contributed by atoms with Crippen LogP contribution in [-0.4, -0.2) is 25.6 Å². The number of thiophene rings is 1. The van der Waals surface area contributed by atoms with E-state index < -0.39 is 15.8 Å². The van der Waals surface area contributed by atoms with Gasteiger partial charge in [0.15, 0.2) is 0 Å². The number of rotatable bonds is 5. The molecule has 0 saturated carbocycles. The summed E-state index contributed by atoms with van der Waals surface area (Å²) in [4.78, 5) is 4.25. The molecule has 6 nitrogen and oxygen atoms in total. The molecule has 29 heavy (non-hydrogen) atoms. The van der Waals surface area contributed by atoms with Crippen LogP contribution >= 0.6 is 11.3 Å². The number of sulfonamides is 1. The lowest BCUT2D eigenvalue weighted by molar-refractivity contribution is 0.432. The molecule has 148 valence electrons. The van der Waals surface area contributed by atoms with Gasteiger partial charge < -0.3 is 4.52 Å². The monoisotopic (exact) mass is 429 g/mol. The maximum Gasteiger partial charge on any atom is 0.273 e. The summed E-state index contributed by atoms with van der Waals surface area (Å²) in [6.07, 6.45) is 0. The molecule has 0 aliphatic carbocycles. The van der Waals surface area contributed by atoms with Gasteiger partial charge in [-0.15, -0.1) is 11.3 Å². The quantitative estimate of drug-likeness (QED) is 0.458. The van der Waals surface area contributed by atoms with E-state index >= 15 is 0 Å². The largest absolute Gasteiger partial charge is 0.334 e. The number of nitrogens with zero attached hydrogens (tertiary/aromatic N) is 3. The number of hydrogen-bond donors (Lipinski definition) is 0. The van der Waals surface area contributed by atoms with Crippen molar-refractivity contribution in [2.75, 3.05) is 11.4 Å². The molecule has 0 amide bonds. The number of halogens is 1. The van der Waals surface area contributed by atoms with Crippen LogP contribution in [0.5, 0.6) is 0 Å². The molecule has 4 rings (SSSR count). The smallest absolute Gasteiger partial charge is 0.273 e. The lowest BCUT2D eigenvalue weighted by atomic mass is 10.2. The van der Waals surface area contributed by atoms with Crippen LogP contribution in [0.25, 0.3) is 22.8 Å². The molecule has 0 radical (unpaired) electrons.